The molecule has 2 rings (SSSR count). The van der Waals surface area contributed by atoms with Gasteiger partial charge in [-0.15, -0.1) is 0 Å². The molecule has 18 heavy (non-hydrogen) atoms. The minimum absolute atomic E-state index is 0.306. The highest BCUT2D eigenvalue weighted by atomic mass is 79.9. The van der Waals surface area contributed by atoms with Crippen LogP contribution < -0.4 is 11.5 Å². The Morgan fingerprint density at radius 3 is 2.44 bits per heavy atom. The summed E-state index contributed by atoms with van der Waals surface area (Å²) in [6, 6.07) is 9.00. The molecule has 0 radical (unpaired) electrons. The van der Waals surface area contributed by atoms with E-state index in [4.69, 9.17) is 16.7 Å². The third-order valence-corrected chi connectivity index (χ3v) is 3.44. The molecule has 0 amide bonds. The van der Waals surface area contributed by atoms with Gasteiger partial charge in [0, 0.05) is 15.4 Å². The summed E-state index contributed by atoms with van der Waals surface area (Å²) in [5.74, 6) is 0.612. The third kappa shape index (κ3) is 2.91. The van der Waals surface area contributed by atoms with Crippen LogP contribution in [0.4, 0.5) is 11.6 Å². The van der Waals surface area contributed by atoms with Gasteiger partial charge in [-0.25, -0.2) is 9.97 Å². The van der Waals surface area contributed by atoms with Gasteiger partial charge in [-0.2, -0.15) is 5.26 Å². The van der Waals surface area contributed by atoms with E-state index in [1.54, 1.807) is 6.07 Å². The van der Waals surface area contributed by atoms with E-state index in [9.17, 15) is 0 Å². The van der Waals surface area contributed by atoms with E-state index >= 15 is 0 Å². The summed E-state index contributed by atoms with van der Waals surface area (Å²) in [4.78, 5) is 8.87. The van der Waals surface area contributed by atoms with Crippen molar-refractivity contribution in [2.45, 2.75) is 10.1 Å². The molecule has 7 heteroatoms. The Morgan fingerprint density at radius 1 is 1.17 bits per heavy atom. The molecular weight excluding hydrogens is 314 g/mol. The number of hydrogen-bond acceptors (Lipinski definition) is 6. The van der Waals surface area contributed by atoms with E-state index in [0.29, 0.717) is 22.4 Å². The summed E-state index contributed by atoms with van der Waals surface area (Å²) < 4.78 is 0.844. The van der Waals surface area contributed by atoms with Crippen LogP contribution in [0.15, 0.2) is 38.8 Å². The highest BCUT2D eigenvalue weighted by Gasteiger charge is 2.08. The number of hydrogen-bond donors (Lipinski definition) is 2. The Bertz CT molecular complexity index is 618. The van der Waals surface area contributed by atoms with Gasteiger partial charge in [-0.1, -0.05) is 15.9 Å². The Morgan fingerprint density at radius 2 is 1.83 bits per heavy atom. The lowest BCUT2D eigenvalue weighted by Crippen LogP contribution is -1.99. The number of benzene rings is 1. The first-order chi connectivity index (χ1) is 8.58. The van der Waals surface area contributed by atoms with Crippen molar-refractivity contribution < 1.29 is 0 Å². The van der Waals surface area contributed by atoms with Gasteiger partial charge in [0.05, 0.1) is 5.56 Å². The maximum atomic E-state index is 9.06. The second kappa shape index (κ2) is 5.25. The monoisotopic (exact) mass is 321 g/mol. The summed E-state index contributed by atoms with van der Waals surface area (Å²) >= 11 is 4.56. The van der Waals surface area contributed by atoms with Gasteiger partial charge in [-0.3, -0.25) is 0 Å². The van der Waals surface area contributed by atoms with E-state index in [2.05, 4.69) is 32.0 Å². The first-order valence-electron chi connectivity index (χ1n) is 4.86. The molecule has 2 aromatic rings. The van der Waals surface area contributed by atoms with Crippen LogP contribution in [-0.4, -0.2) is 9.97 Å². The quantitative estimate of drug-likeness (QED) is 0.823. The Kier molecular flexibility index (Phi) is 3.69. The molecule has 4 N–H and O–H groups in total. The van der Waals surface area contributed by atoms with Gasteiger partial charge in [0.1, 0.15) is 17.7 Å². The largest absolute Gasteiger partial charge is 0.383 e. The Balaban J connectivity index is 2.37. The molecule has 1 heterocycles. The molecule has 0 aliphatic heterocycles. The molecule has 0 saturated carbocycles. The van der Waals surface area contributed by atoms with Crippen LogP contribution in [0.1, 0.15) is 5.56 Å². The number of rotatable bonds is 2. The lowest BCUT2D eigenvalue weighted by atomic mass is 10.2. The first kappa shape index (κ1) is 12.7. The van der Waals surface area contributed by atoms with Crippen molar-refractivity contribution >= 4 is 39.3 Å². The van der Waals surface area contributed by atoms with Crippen molar-refractivity contribution in [2.24, 2.45) is 0 Å². The molecule has 0 aliphatic rings. The predicted octanol–water partition coefficient (Wildman–Crippen LogP) is 2.43. The van der Waals surface area contributed by atoms with Crippen molar-refractivity contribution in [2.75, 3.05) is 11.5 Å². The fraction of sp³-hybridized carbons (Fsp3) is 0. The highest BCUT2D eigenvalue weighted by Crippen LogP contribution is 2.30. The van der Waals surface area contributed by atoms with Crippen LogP contribution in [0.5, 0.6) is 0 Å². The van der Waals surface area contributed by atoms with Gasteiger partial charge in [-0.05, 0) is 30.0 Å². The smallest absolute Gasteiger partial charge is 0.196 e. The fourth-order valence-corrected chi connectivity index (χ4v) is 2.50. The van der Waals surface area contributed by atoms with Gasteiger partial charge >= 0.3 is 0 Å². The summed E-state index contributed by atoms with van der Waals surface area (Å²) in [5, 5.41) is 9.48. The van der Waals surface area contributed by atoms with E-state index < -0.39 is 0 Å². The first-order valence-corrected chi connectivity index (χ1v) is 6.47. The van der Waals surface area contributed by atoms with E-state index in [1.807, 2.05) is 12.1 Å². The van der Waals surface area contributed by atoms with Gasteiger partial charge < -0.3 is 11.5 Å². The van der Waals surface area contributed by atoms with Crippen LogP contribution in [0.2, 0.25) is 0 Å². The average molecular weight is 322 g/mol. The van der Waals surface area contributed by atoms with Crippen LogP contribution in [-0.2, 0) is 0 Å². The Hall–Kier alpha value is -1.78. The number of nitrogens with zero attached hydrogens (tertiary/aromatic N) is 3. The number of halogens is 1. The van der Waals surface area contributed by atoms with E-state index in [-0.39, 0.29) is 0 Å². The summed E-state index contributed by atoms with van der Waals surface area (Å²) in [7, 11) is 0. The topological polar surface area (TPSA) is 102 Å². The third-order valence-electron chi connectivity index (χ3n) is 2.01. The van der Waals surface area contributed by atoms with Crippen molar-refractivity contribution in [3.8, 4) is 6.07 Å². The van der Waals surface area contributed by atoms with Crippen molar-refractivity contribution in [3.05, 3.63) is 34.3 Å². The Labute approximate surface area is 116 Å². The molecule has 0 spiro atoms. The standard InChI is InChI=1S/C11H8BrN5S/c12-7-1-2-8(6(3-7)5-13)18-11-16-9(14)4-10(15)17-11/h1-4H,(H4,14,15,16,17). The molecule has 0 unspecified atom stereocenters. The van der Waals surface area contributed by atoms with Crippen LogP contribution in [0.3, 0.4) is 0 Å². The van der Waals surface area contributed by atoms with Gasteiger partial charge in [0.25, 0.3) is 0 Å². The maximum absolute atomic E-state index is 9.06. The SMILES string of the molecule is N#Cc1cc(Br)ccc1Sc1nc(N)cc(N)n1. The average Bonchev–Trinajstić information content (AvgIpc) is 2.30. The van der Waals surface area contributed by atoms with Crippen LogP contribution in [0.25, 0.3) is 0 Å². The fourth-order valence-electron chi connectivity index (χ4n) is 1.28. The molecule has 0 fully saturated rings. The molecule has 0 saturated heterocycles. The predicted molar refractivity (Wildman–Crippen MR) is 73.8 cm³/mol. The molecule has 0 atom stereocenters. The molecule has 0 aliphatic carbocycles. The lowest BCUT2D eigenvalue weighted by molar-refractivity contribution is 0.984. The van der Waals surface area contributed by atoms with Crippen molar-refractivity contribution in [3.63, 3.8) is 0 Å². The maximum Gasteiger partial charge on any atom is 0.196 e. The molecule has 1 aromatic carbocycles. The molecule has 90 valence electrons. The van der Waals surface area contributed by atoms with Crippen molar-refractivity contribution in [1.29, 1.82) is 5.26 Å². The lowest BCUT2D eigenvalue weighted by Gasteiger charge is -2.04. The molecular formula is C11H8BrN5S. The number of nitrogens with two attached hydrogens (primary N) is 2. The van der Waals surface area contributed by atoms with E-state index in [0.717, 1.165) is 9.37 Å². The second-order valence-corrected chi connectivity index (χ2v) is 5.28. The zero-order valence-corrected chi connectivity index (χ0v) is 11.5. The minimum Gasteiger partial charge on any atom is -0.383 e. The van der Waals surface area contributed by atoms with Gasteiger partial charge in [0.2, 0.25) is 0 Å². The number of anilines is 2. The van der Waals surface area contributed by atoms with Crippen LogP contribution in [0, 0.1) is 11.3 Å². The number of nitrogen functional groups attached to an aromatic ring is 2. The summed E-state index contributed by atoms with van der Waals surface area (Å²) in [6.07, 6.45) is 0. The normalized spacial score (nSPS) is 10.0. The van der Waals surface area contributed by atoms with Crippen LogP contribution >= 0.6 is 27.7 Å². The van der Waals surface area contributed by atoms with E-state index in [1.165, 1.54) is 17.8 Å². The highest BCUT2D eigenvalue weighted by molar-refractivity contribution is 9.10. The second-order valence-electron chi connectivity index (χ2n) is 3.35. The molecule has 0 bridgehead atoms. The minimum atomic E-state index is 0.306. The number of nitriles is 1. The van der Waals surface area contributed by atoms with Crippen molar-refractivity contribution in [1.82, 2.24) is 9.97 Å². The zero-order chi connectivity index (χ0) is 13.1. The summed E-state index contributed by atoms with van der Waals surface area (Å²) in [6.45, 7) is 0. The van der Waals surface area contributed by atoms with Gasteiger partial charge in [0.15, 0.2) is 5.16 Å². The zero-order valence-electron chi connectivity index (χ0n) is 9.09. The molecule has 5 nitrogen and oxygen atoms in total. The number of aromatic nitrogens is 2. The molecule has 1 aromatic heterocycles. The summed E-state index contributed by atoms with van der Waals surface area (Å²) in [5.41, 5.74) is 11.7.